The van der Waals surface area contributed by atoms with Crippen molar-refractivity contribution in [2.45, 2.75) is 32.2 Å². The van der Waals surface area contributed by atoms with Crippen LogP contribution in [0.1, 0.15) is 48.9 Å². The number of ketones is 1. The van der Waals surface area contributed by atoms with Gasteiger partial charge in [0.05, 0.1) is 18.0 Å². The number of hydrogen-bond donors (Lipinski definition) is 2. The highest BCUT2D eigenvalue weighted by Gasteiger charge is 2.46. The molecule has 0 unspecified atom stereocenters. The van der Waals surface area contributed by atoms with Gasteiger partial charge in [-0.3, -0.25) is 14.4 Å². The summed E-state index contributed by atoms with van der Waals surface area (Å²) in [5, 5.41) is 19.9. The molecule has 1 heterocycles. The summed E-state index contributed by atoms with van der Waals surface area (Å²) in [7, 11) is 0. The number of carboxylic acid groups (broad SMARTS) is 1. The number of aliphatic hydroxyl groups is 1. The Kier molecular flexibility index (Phi) is 5.82. The molecule has 2 N–H and O–H groups in total. The molecule has 150 valence electrons. The molecule has 29 heavy (non-hydrogen) atoms. The fourth-order valence-corrected chi connectivity index (χ4v) is 3.49. The van der Waals surface area contributed by atoms with Crippen LogP contribution in [0.3, 0.4) is 0 Å². The highest BCUT2D eigenvalue weighted by molar-refractivity contribution is 6.46. The standard InChI is InChI=1S/C23H23NO5/c1-14(2)15-8-10-16(11-9-15)20-19(21(27)17-6-4-3-5-7-17)22(28)23(29)24(20)13-12-18(25)26/h3-11,14,20,27H,12-13H2,1-2H3,(H,25,26)/t20-/m1/s1. The second-order valence-corrected chi connectivity index (χ2v) is 7.32. The molecule has 6 nitrogen and oxygen atoms in total. The molecule has 1 atom stereocenters. The summed E-state index contributed by atoms with van der Waals surface area (Å²) in [5.41, 5.74) is 2.15. The zero-order valence-corrected chi connectivity index (χ0v) is 16.3. The molecule has 0 saturated carbocycles. The molecule has 6 heteroatoms. The minimum absolute atomic E-state index is 0.0242. The van der Waals surface area contributed by atoms with E-state index in [-0.39, 0.29) is 24.3 Å². The van der Waals surface area contributed by atoms with Crippen LogP contribution in [0.5, 0.6) is 0 Å². The van der Waals surface area contributed by atoms with Crippen LogP contribution in [0.2, 0.25) is 0 Å². The Morgan fingerprint density at radius 3 is 2.17 bits per heavy atom. The molecule has 1 amide bonds. The number of likely N-dealkylation sites (tertiary alicyclic amines) is 1. The highest BCUT2D eigenvalue weighted by Crippen LogP contribution is 2.39. The summed E-state index contributed by atoms with van der Waals surface area (Å²) in [6.45, 7) is 3.99. The van der Waals surface area contributed by atoms with Crippen molar-refractivity contribution < 1.29 is 24.6 Å². The summed E-state index contributed by atoms with van der Waals surface area (Å²) in [5.74, 6) is -2.63. The smallest absolute Gasteiger partial charge is 0.305 e. The average molecular weight is 393 g/mol. The van der Waals surface area contributed by atoms with E-state index in [9.17, 15) is 19.5 Å². The van der Waals surface area contributed by atoms with Crippen molar-refractivity contribution in [2.24, 2.45) is 0 Å². The second kappa shape index (κ2) is 8.31. The van der Waals surface area contributed by atoms with Crippen LogP contribution in [0.15, 0.2) is 60.2 Å². The Bertz CT molecular complexity index is 961. The van der Waals surface area contributed by atoms with Gasteiger partial charge >= 0.3 is 5.97 Å². The van der Waals surface area contributed by atoms with Gasteiger partial charge in [0.1, 0.15) is 5.76 Å². The third-order valence-electron chi connectivity index (χ3n) is 5.07. The predicted molar refractivity (Wildman–Crippen MR) is 108 cm³/mol. The van der Waals surface area contributed by atoms with Crippen LogP contribution in [0.4, 0.5) is 0 Å². The van der Waals surface area contributed by atoms with E-state index in [0.717, 1.165) is 5.56 Å². The van der Waals surface area contributed by atoms with Crippen LogP contribution >= 0.6 is 0 Å². The number of hydrogen-bond acceptors (Lipinski definition) is 4. The second-order valence-electron chi connectivity index (χ2n) is 7.32. The number of carbonyl (C=O) groups is 3. The number of aliphatic hydroxyl groups excluding tert-OH is 1. The molecule has 0 aromatic heterocycles. The molecular weight excluding hydrogens is 370 g/mol. The molecule has 2 aromatic carbocycles. The molecule has 2 aromatic rings. The lowest BCUT2D eigenvalue weighted by Crippen LogP contribution is -2.31. The first-order valence-corrected chi connectivity index (χ1v) is 9.46. The maximum atomic E-state index is 12.8. The predicted octanol–water partition coefficient (Wildman–Crippen LogP) is 3.71. The topological polar surface area (TPSA) is 94.9 Å². The molecule has 0 bridgehead atoms. The van der Waals surface area contributed by atoms with Crippen molar-refractivity contribution in [1.29, 1.82) is 0 Å². The minimum atomic E-state index is -1.07. The molecule has 1 fully saturated rings. The summed E-state index contributed by atoms with van der Waals surface area (Å²) in [6, 6.07) is 15.2. The van der Waals surface area contributed by atoms with Crippen LogP contribution in [-0.2, 0) is 14.4 Å². The first kappa shape index (κ1) is 20.3. The Morgan fingerprint density at radius 1 is 1.00 bits per heavy atom. The molecule has 0 radical (unpaired) electrons. The number of Topliss-reactive ketones (excluding diaryl/α,β-unsaturated/α-hetero) is 1. The quantitative estimate of drug-likeness (QED) is 0.443. The average Bonchev–Trinajstić information content (AvgIpc) is 2.97. The lowest BCUT2D eigenvalue weighted by atomic mass is 9.93. The van der Waals surface area contributed by atoms with E-state index in [4.69, 9.17) is 5.11 Å². The maximum absolute atomic E-state index is 12.8. The first-order valence-electron chi connectivity index (χ1n) is 9.46. The van der Waals surface area contributed by atoms with E-state index in [0.29, 0.717) is 17.0 Å². The molecule has 1 aliphatic rings. The van der Waals surface area contributed by atoms with E-state index in [1.54, 1.807) is 30.3 Å². The Labute approximate surface area is 169 Å². The Morgan fingerprint density at radius 2 is 1.62 bits per heavy atom. The lowest BCUT2D eigenvalue weighted by molar-refractivity contribution is -0.142. The summed E-state index contributed by atoms with van der Waals surface area (Å²) >= 11 is 0. The fraction of sp³-hybridized carbons (Fsp3) is 0.261. The van der Waals surface area contributed by atoms with Crippen molar-refractivity contribution in [2.75, 3.05) is 6.54 Å². The van der Waals surface area contributed by atoms with Crippen molar-refractivity contribution in [3.05, 3.63) is 76.9 Å². The Balaban J connectivity index is 2.13. The van der Waals surface area contributed by atoms with Crippen molar-refractivity contribution >= 4 is 23.4 Å². The Hall–Kier alpha value is -3.41. The summed E-state index contributed by atoms with van der Waals surface area (Å²) < 4.78 is 0. The lowest BCUT2D eigenvalue weighted by Gasteiger charge is -2.25. The SMILES string of the molecule is CC(C)c1ccc([C@@H]2C(=C(O)c3ccccc3)C(=O)C(=O)N2CCC(=O)O)cc1. The molecular formula is C23H23NO5. The molecule has 1 saturated heterocycles. The van der Waals surface area contributed by atoms with Gasteiger partial charge in [0.2, 0.25) is 0 Å². The van der Waals surface area contributed by atoms with Gasteiger partial charge in [-0.25, -0.2) is 0 Å². The van der Waals surface area contributed by atoms with Crippen molar-refractivity contribution in [1.82, 2.24) is 4.90 Å². The first-order chi connectivity index (χ1) is 13.8. The van der Waals surface area contributed by atoms with Gasteiger partial charge < -0.3 is 15.1 Å². The van der Waals surface area contributed by atoms with Crippen LogP contribution < -0.4 is 0 Å². The van der Waals surface area contributed by atoms with Gasteiger partial charge in [0.25, 0.3) is 11.7 Å². The fourth-order valence-electron chi connectivity index (χ4n) is 3.49. The number of aliphatic carboxylic acids is 1. The minimum Gasteiger partial charge on any atom is -0.507 e. The number of carbonyl (C=O) groups excluding carboxylic acids is 2. The van der Waals surface area contributed by atoms with E-state index in [1.807, 2.05) is 24.3 Å². The normalized spacial score (nSPS) is 18.4. The zero-order valence-electron chi connectivity index (χ0n) is 16.3. The zero-order chi connectivity index (χ0) is 21.1. The summed E-state index contributed by atoms with van der Waals surface area (Å²) in [6.07, 6.45) is -0.293. The molecule has 0 aliphatic carbocycles. The maximum Gasteiger partial charge on any atom is 0.305 e. The molecule has 3 rings (SSSR count). The number of amides is 1. The highest BCUT2D eigenvalue weighted by atomic mass is 16.4. The van der Waals surface area contributed by atoms with Gasteiger partial charge in [0, 0.05) is 12.1 Å². The van der Waals surface area contributed by atoms with Gasteiger partial charge in [-0.2, -0.15) is 0 Å². The van der Waals surface area contributed by atoms with Gasteiger partial charge in [-0.05, 0) is 17.0 Å². The van der Waals surface area contributed by atoms with Crippen LogP contribution in [0.25, 0.3) is 5.76 Å². The van der Waals surface area contributed by atoms with Crippen LogP contribution in [-0.4, -0.2) is 39.3 Å². The van der Waals surface area contributed by atoms with Gasteiger partial charge in [-0.1, -0.05) is 68.4 Å². The van der Waals surface area contributed by atoms with Gasteiger partial charge in [0.15, 0.2) is 0 Å². The van der Waals surface area contributed by atoms with E-state index < -0.39 is 23.7 Å². The molecule has 1 aliphatic heterocycles. The molecule has 0 spiro atoms. The number of nitrogens with zero attached hydrogens (tertiary/aromatic N) is 1. The third-order valence-corrected chi connectivity index (χ3v) is 5.07. The van der Waals surface area contributed by atoms with Crippen molar-refractivity contribution in [3.63, 3.8) is 0 Å². The van der Waals surface area contributed by atoms with E-state index in [2.05, 4.69) is 13.8 Å². The summed E-state index contributed by atoms with van der Waals surface area (Å²) in [4.78, 5) is 37.7. The van der Waals surface area contributed by atoms with Gasteiger partial charge in [-0.15, -0.1) is 0 Å². The monoisotopic (exact) mass is 393 g/mol. The number of benzene rings is 2. The number of rotatable bonds is 6. The largest absolute Gasteiger partial charge is 0.507 e. The van der Waals surface area contributed by atoms with E-state index >= 15 is 0 Å². The third kappa shape index (κ3) is 4.06. The van der Waals surface area contributed by atoms with Crippen LogP contribution in [0, 0.1) is 0 Å². The van der Waals surface area contributed by atoms with E-state index in [1.165, 1.54) is 4.90 Å². The number of carboxylic acids is 1. The van der Waals surface area contributed by atoms with Crippen molar-refractivity contribution in [3.8, 4) is 0 Å².